The quantitative estimate of drug-likeness (QED) is 0.893. The van der Waals surface area contributed by atoms with Gasteiger partial charge in [0.15, 0.2) is 5.82 Å². The zero-order chi connectivity index (χ0) is 14.8. The van der Waals surface area contributed by atoms with Crippen molar-refractivity contribution in [3.05, 3.63) is 24.2 Å². The third kappa shape index (κ3) is 4.11. The Balaban J connectivity index is 0.00000104. The summed E-state index contributed by atoms with van der Waals surface area (Å²) in [5, 5.41) is 8.22. The maximum absolute atomic E-state index is 4.77. The van der Waals surface area contributed by atoms with Crippen molar-refractivity contribution < 1.29 is 0 Å². The van der Waals surface area contributed by atoms with Crippen LogP contribution in [0.15, 0.2) is 18.5 Å². The molecule has 4 rings (SSSR count). The molecule has 0 atom stereocenters. The number of imidazole rings is 1. The van der Waals surface area contributed by atoms with E-state index in [0.717, 1.165) is 50.7 Å². The molecule has 0 aromatic carbocycles. The van der Waals surface area contributed by atoms with Crippen molar-refractivity contribution in [1.82, 2.24) is 29.5 Å². The molecule has 2 aromatic heterocycles. The highest BCUT2D eigenvalue weighted by atomic mass is 35.5. The van der Waals surface area contributed by atoms with Gasteiger partial charge in [-0.2, -0.15) is 5.10 Å². The first-order valence-corrected chi connectivity index (χ1v) is 8.41. The molecule has 0 unspecified atom stereocenters. The lowest BCUT2D eigenvalue weighted by atomic mass is 10.3. The van der Waals surface area contributed by atoms with E-state index in [1.54, 1.807) is 0 Å². The molecular formula is C16H26Cl2N6. The maximum atomic E-state index is 4.77. The molecule has 6 nitrogen and oxygen atoms in total. The lowest BCUT2D eigenvalue weighted by Gasteiger charge is -2.15. The Morgan fingerprint density at radius 3 is 2.71 bits per heavy atom. The molecule has 0 radical (unpaired) electrons. The first-order valence-electron chi connectivity index (χ1n) is 8.41. The van der Waals surface area contributed by atoms with Crippen LogP contribution in [0.3, 0.4) is 0 Å². The van der Waals surface area contributed by atoms with Gasteiger partial charge in [0.2, 0.25) is 0 Å². The summed E-state index contributed by atoms with van der Waals surface area (Å²) in [6.07, 6.45) is 7.79. The molecule has 2 aliphatic heterocycles. The Kier molecular flexibility index (Phi) is 7.10. The van der Waals surface area contributed by atoms with Gasteiger partial charge in [-0.3, -0.25) is 4.68 Å². The third-order valence-electron chi connectivity index (χ3n) is 4.69. The monoisotopic (exact) mass is 372 g/mol. The molecule has 0 amide bonds. The van der Waals surface area contributed by atoms with Crippen molar-refractivity contribution in [3.8, 4) is 11.5 Å². The minimum Gasteiger partial charge on any atom is -0.328 e. The van der Waals surface area contributed by atoms with Crippen LogP contribution >= 0.6 is 24.8 Å². The molecule has 0 bridgehead atoms. The predicted octanol–water partition coefficient (Wildman–Crippen LogP) is 2.18. The topological polar surface area (TPSA) is 50.9 Å². The Morgan fingerprint density at radius 1 is 1.04 bits per heavy atom. The summed E-state index contributed by atoms with van der Waals surface area (Å²) >= 11 is 0. The number of nitrogens with zero attached hydrogens (tertiary/aromatic N) is 5. The number of aryl methyl sites for hydroxylation is 1. The molecule has 4 heterocycles. The Morgan fingerprint density at radius 2 is 1.88 bits per heavy atom. The fourth-order valence-corrected chi connectivity index (χ4v) is 3.45. The van der Waals surface area contributed by atoms with Crippen LogP contribution in [0.5, 0.6) is 0 Å². The second-order valence-electron chi connectivity index (χ2n) is 6.27. The average Bonchev–Trinajstić information content (AvgIpc) is 3.24. The van der Waals surface area contributed by atoms with E-state index in [-0.39, 0.29) is 24.8 Å². The highest BCUT2D eigenvalue weighted by molar-refractivity contribution is 5.85. The van der Waals surface area contributed by atoms with Crippen LogP contribution in [0.2, 0.25) is 0 Å². The summed E-state index contributed by atoms with van der Waals surface area (Å²) in [5.74, 6) is 1.000. The fourth-order valence-electron chi connectivity index (χ4n) is 3.45. The SMILES string of the molecule is Cl.Cl.c1cn(CCN2CCCC2)c(-c2cc3n(n2)CCCNC3)n1. The number of rotatable bonds is 4. The van der Waals surface area contributed by atoms with Gasteiger partial charge in [0.1, 0.15) is 5.69 Å². The van der Waals surface area contributed by atoms with Crippen molar-refractivity contribution in [2.24, 2.45) is 0 Å². The summed E-state index contributed by atoms with van der Waals surface area (Å²) in [6, 6.07) is 2.19. The number of hydrogen-bond acceptors (Lipinski definition) is 4. The lowest BCUT2D eigenvalue weighted by Crippen LogP contribution is -2.24. The fraction of sp³-hybridized carbons (Fsp3) is 0.625. The molecule has 2 aromatic rings. The van der Waals surface area contributed by atoms with E-state index in [1.165, 1.54) is 31.6 Å². The van der Waals surface area contributed by atoms with E-state index in [9.17, 15) is 0 Å². The second kappa shape index (κ2) is 8.85. The molecular weight excluding hydrogens is 347 g/mol. The van der Waals surface area contributed by atoms with Crippen LogP contribution in [-0.4, -0.2) is 50.4 Å². The Bertz CT molecular complexity index is 609. The summed E-state index contributed by atoms with van der Waals surface area (Å²) < 4.78 is 4.38. The van der Waals surface area contributed by atoms with Gasteiger partial charge in [0.25, 0.3) is 0 Å². The molecule has 0 spiro atoms. The van der Waals surface area contributed by atoms with Crippen LogP contribution < -0.4 is 5.32 Å². The van der Waals surface area contributed by atoms with Crippen LogP contribution in [-0.2, 0) is 19.6 Å². The number of fused-ring (bicyclic) bond motifs is 1. The van der Waals surface area contributed by atoms with E-state index in [2.05, 4.69) is 36.7 Å². The summed E-state index contributed by atoms with van der Waals surface area (Å²) in [5.41, 5.74) is 2.27. The molecule has 8 heteroatoms. The van der Waals surface area contributed by atoms with Crippen molar-refractivity contribution in [2.45, 2.75) is 38.9 Å². The van der Waals surface area contributed by atoms with E-state index in [1.807, 2.05) is 6.20 Å². The third-order valence-corrected chi connectivity index (χ3v) is 4.69. The normalized spacial score (nSPS) is 17.7. The molecule has 2 aliphatic rings. The van der Waals surface area contributed by atoms with E-state index in [0.29, 0.717) is 0 Å². The van der Waals surface area contributed by atoms with Gasteiger partial charge in [0, 0.05) is 38.6 Å². The van der Waals surface area contributed by atoms with Crippen LogP contribution in [0.25, 0.3) is 11.5 Å². The first-order chi connectivity index (χ1) is 10.9. The smallest absolute Gasteiger partial charge is 0.160 e. The molecule has 1 saturated heterocycles. The van der Waals surface area contributed by atoms with E-state index < -0.39 is 0 Å². The van der Waals surface area contributed by atoms with Gasteiger partial charge in [-0.25, -0.2) is 4.98 Å². The number of hydrogen-bond donors (Lipinski definition) is 1. The Labute approximate surface area is 155 Å². The molecule has 1 fully saturated rings. The van der Waals surface area contributed by atoms with Crippen LogP contribution in [0.1, 0.15) is 25.0 Å². The lowest BCUT2D eigenvalue weighted by molar-refractivity contribution is 0.323. The molecule has 134 valence electrons. The number of aromatic nitrogens is 4. The van der Waals surface area contributed by atoms with Gasteiger partial charge in [-0.1, -0.05) is 0 Å². The number of nitrogens with one attached hydrogen (secondary N) is 1. The Hall–Kier alpha value is -1.08. The van der Waals surface area contributed by atoms with Crippen molar-refractivity contribution >= 4 is 24.8 Å². The van der Waals surface area contributed by atoms with Crippen LogP contribution in [0.4, 0.5) is 0 Å². The van der Waals surface area contributed by atoms with Crippen molar-refractivity contribution in [1.29, 1.82) is 0 Å². The van der Waals surface area contributed by atoms with Gasteiger partial charge in [-0.05, 0) is 45.0 Å². The molecule has 1 N–H and O–H groups in total. The molecule has 0 saturated carbocycles. The molecule has 24 heavy (non-hydrogen) atoms. The predicted molar refractivity (Wildman–Crippen MR) is 99.9 cm³/mol. The number of halogens is 2. The van der Waals surface area contributed by atoms with Crippen molar-refractivity contribution in [2.75, 3.05) is 26.2 Å². The van der Waals surface area contributed by atoms with Gasteiger partial charge < -0.3 is 14.8 Å². The maximum Gasteiger partial charge on any atom is 0.160 e. The van der Waals surface area contributed by atoms with Crippen LogP contribution in [0, 0.1) is 0 Å². The largest absolute Gasteiger partial charge is 0.328 e. The minimum atomic E-state index is 0. The average molecular weight is 373 g/mol. The minimum absolute atomic E-state index is 0. The summed E-state index contributed by atoms with van der Waals surface area (Å²) in [7, 11) is 0. The second-order valence-corrected chi connectivity index (χ2v) is 6.27. The highest BCUT2D eigenvalue weighted by Gasteiger charge is 2.16. The zero-order valence-electron chi connectivity index (χ0n) is 13.9. The summed E-state index contributed by atoms with van der Waals surface area (Å²) in [6.45, 7) is 7.57. The van der Waals surface area contributed by atoms with Gasteiger partial charge in [0.05, 0.1) is 5.69 Å². The van der Waals surface area contributed by atoms with Gasteiger partial charge in [-0.15, -0.1) is 24.8 Å². The van der Waals surface area contributed by atoms with Crippen molar-refractivity contribution in [3.63, 3.8) is 0 Å². The van der Waals surface area contributed by atoms with E-state index >= 15 is 0 Å². The number of likely N-dealkylation sites (tertiary alicyclic amines) is 1. The highest BCUT2D eigenvalue weighted by Crippen LogP contribution is 2.19. The van der Waals surface area contributed by atoms with E-state index in [4.69, 9.17) is 5.10 Å². The zero-order valence-corrected chi connectivity index (χ0v) is 15.5. The van der Waals surface area contributed by atoms with Gasteiger partial charge >= 0.3 is 0 Å². The standard InChI is InChI=1S/C16H24N6.2ClH/c1-2-7-20(6-1)10-11-21-9-5-18-16(21)15-12-14-13-17-4-3-8-22(14)19-15;;/h5,9,12,17H,1-4,6-8,10-11,13H2;2*1H. The summed E-state index contributed by atoms with van der Waals surface area (Å²) in [4.78, 5) is 7.08. The molecule has 0 aliphatic carbocycles. The first kappa shape index (κ1) is 19.2.